The van der Waals surface area contributed by atoms with Crippen molar-refractivity contribution in [3.8, 4) is 0 Å². The van der Waals surface area contributed by atoms with Gasteiger partial charge in [-0.3, -0.25) is 9.68 Å². The van der Waals surface area contributed by atoms with Gasteiger partial charge in [-0.15, -0.1) is 17.7 Å². The zero-order valence-electron chi connectivity index (χ0n) is 42.7. The van der Waals surface area contributed by atoms with E-state index in [1.54, 1.807) is 0 Å². The monoisotopic (exact) mass is 951 g/mol. The Bertz CT molecular complexity index is 1860. The number of nitrogens with zero attached hydrogens (tertiary/aromatic N) is 2. The fourth-order valence-corrected chi connectivity index (χ4v) is 12.5. The average molecular weight is 952 g/mol. The zero-order valence-corrected chi connectivity index (χ0v) is 46.6. The molecule has 0 amide bonds. The molecule has 7 nitrogen and oxygen atoms in total. The molecule has 2 heterocycles. The molecule has 2 aromatic carbocycles. The molecule has 0 spiro atoms. The van der Waals surface area contributed by atoms with Crippen LogP contribution in [0.4, 0.5) is 0 Å². The van der Waals surface area contributed by atoms with E-state index >= 15 is 0 Å². The van der Waals surface area contributed by atoms with Gasteiger partial charge in [0.1, 0.15) is 12.2 Å². The number of rotatable bonds is 10. The number of halogens is 1. The number of ether oxygens (including phenoxy) is 1. The maximum Gasteiger partial charge on any atom is 1.00 e. The second kappa shape index (κ2) is 23.2. The van der Waals surface area contributed by atoms with E-state index in [-0.39, 0.29) is 98.0 Å². The first kappa shape index (κ1) is 54.6. The van der Waals surface area contributed by atoms with E-state index in [1.165, 1.54) is 74.5 Å². The fraction of sp³-hybridized carbons (Fsp3) is 0.684. The van der Waals surface area contributed by atoms with Gasteiger partial charge in [-0.2, -0.15) is 10.1 Å². The van der Waals surface area contributed by atoms with Crippen molar-refractivity contribution >= 4 is 11.6 Å². The third kappa shape index (κ3) is 13.8. The number of benzene rings is 2. The largest absolute Gasteiger partial charge is 1.00 e. The van der Waals surface area contributed by atoms with Crippen molar-refractivity contribution < 1.29 is 76.0 Å². The van der Waals surface area contributed by atoms with Crippen LogP contribution in [0.25, 0.3) is 0 Å². The second-order valence-electron chi connectivity index (χ2n) is 23.5. The standard InChI is InChI=1S/C25H37NO2.C18H28ClNO.C7H10O.C7H9O.K/c1-18(28-26-24(2,3)13-6-14-25(26,4)5)21-10-7-19(8-11-21)17-27-23-16-20-9-12-22(23)15-20;1-14(16-9-7-15(13-19)8-10-16)21-20-17(2,3)11-6-12-18(20,4)5;2*8-7-4-5-1-2-6(7)3-5;/h7-12,18,20,22-23H,6,13-17H2,1-5H3;7-10,14H,6,11-13H2,1-5H3;1-2,5-8H,3-4H2;1-2,5-7H,3-4H2;/q;;;-1;+1. The minimum atomic E-state index is -0.259. The van der Waals surface area contributed by atoms with Gasteiger partial charge in [0, 0.05) is 39.9 Å². The first-order chi connectivity index (χ1) is 30.7. The van der Waals surface area contributed by atoms with Crippen molar-refractivity contribution in [3.63, 3.8) is 0 Å². The summed E-state index contributed by atoms with van der Waals surface area (Å²) >= 11 is 5.85. The second-order valence-corrected chi connectivity index (χ2v) is 23.7. The third-order valence-electron chi connectivity index (χ3n) is 16.1. The van der Waals surface area contributed by atoms with Gasteiger partial charge in [0.05, 0.1) is 18.8 Å². The summed E-state index contributed by atoms with van der Waals surface area (Å²) in [6, 6.07) is 17.2. The number of hydrogen-bond donors (Lipinski definition) is 1. The van der Waals surface area contributed by atoms with E-state index in [0.29, 0.717) is 42.3 Å². The summed E-state index contributed by atoms with van der Waals surface area (Å²) in [7, 11) is 0. The Hall–Kier alpha value is -0.694. The molecule has 66 heavy (non-hydrogen) atoms. The van der Waals surface area contributed by atoms with Crippen LogP contribution >= 0.6 is 11.6 Å². The topological polar surface area (TPSA) is 77.5 Å². The van der Waals surface area contributed by atoms with Gasteiger partial charge < -0.3 is 14.9 Å². The van der Waals surface area contributed by atoms with Crippen LogP contribution < -0.4 is 56.5 Å². The maximum absolute atomic E-state index is 10.9. The number of fused-ring (bicyclic) bond motifs is 6. The summed E-state index contributed by atoms with van der Waals surface area (Å²) < 4.78 is 6.21. The molecule has 1 N–H and O–H groups in total. The van der Waals surface area contributed by atoms with E-state index in [9.17, 15) is 5.11 Å². The Morgan fingerprint density at radius 2 is 0.985 bits per heavy atom. The zero-order chi connectivity index (χ0) is 46.7. The van der Waals surface area contributed by atoms with Crippen molar-refractivity contribution in [2.45, 2.75) is 211 Å². The Morgan fingerprint density at radius 1 is 0.576 bits per heavy atom. The van der Waals surface area contributed by atoms with E-state index in [1.807, 2.05) is 0 Å². The van der Waals surface area contributed by atoms with Crippen molar-refractivity contribution in [1.82, 2.24) is 10.1 Å². The molecule has 10 rings (SSSR count). The van der Waals surface area contributed by atoms with Crippen LogP contribution in [0.3, 0.4) is 0 Å². The van der Waals surface area contributed by atoms with E-state index in [2.05, 4.69) is 164 Å². The average Bonchev–Trinajstić information content (AvgIpc) is 4.15. The van der Waals surface area contributed by atoms with Gasteiger partial charge in [-0.1, -0.05) is 91.4 Å². The van der Waals surface area contributed by atoms with Gasteiger partial charge in [0.25, 0.3) is 0 Å². The van der Waals surface area contributed by atoms with Crippen LogP contribution in [0.15, 0.2) is 85.0 Å². The summed E-state index contributed by atoms with van der Waals surface area (Å²) in [6.45, 7) is 23.3. The Morgan fingerprint density at radius 3 is 1.29 bits per heavy atom. The van der Waals surface area contributed by atoms with E-state index < -0.39 is 0 Å². The van der Waals surface area contributed by atoms with Crippen molar-refractivity contribution in [1.29, 1.82) is 0 Å². The number of piperidine rings is 2. The van der Waals surface area contributed by atoms with Crippen LogP contribution in [0.1, 0.15) is 181 Å². The molecule has 360 valence electrons. The normalized spacial score (nSPS) is 33.2. The first-order valence-electron chi connectivity index (χ1n) is 25.4. The summed E-state index contributed by atoms with van der Waals surface area (Å²) in [5, 5.41) is 24.5. The summed E-state index contributed by atoms with van der Waals surface area (Å²) in [4.78, 5) is 12.9. The molecule has 8 aliphatic rings. The van der Waals surface area contributed by atoms with Gasteiger partial charge in [-0.25, -0.2) is 0 Å². The van der Waals surface area contributed by atoms with Crippen LogP contribution in [0.5, 0.6) is 0 Å². The number of aliphatic hydroxyl groups excluding tert-OH is 1. The van der Waals surface area contributed by atoms with E-state index in [0.717, 1.165) is 36.7 Å². The van der Waals surface area contributed by atoms with Gasteiger partial charge in [-0.05, 0) is 186 Å². The smallest absolute Gasteiger partial charge is 0.852 e. The molecule has 2 aromatic rings. The number of alkyl halides is 1. The number of allylic oxidation sites excluding steroid dienone is 3. The molecule has 11 atom stereocenters. The molecular formula is C57H84ClKN2O5. The minimum absolute atomic E-state index is 0. The SMILES string of the molecule is CC(ON1C(C)(C)CCCC1(C)C)c1ccc(CCl)cc1.CC(ON1C(C)(C)CCCC1(C)C)c1ccc(COC2CC3C=CC2C3)cc1.OC1CC2C=CC1C2.[K+].[O-]C1CC2C=CC1C2. The van der Waals surface area contributed by atoms with Crippen LogP contribution in [0, 0.1) is 35.5 Å². The molecule has 6 bridgehead atoms. The van der Waals surface area contributed by atoms with Gasteiger partial charge in [0.15, 0.2) is 0 Å². The van der Waals surface area contributed by atoms with Crippen LogP contribution in [0.2, 0.25) is 0 Å². The van der Waals surface area contributed by atoms with Crippen molar-refractivity contribution in [2.24, 2.45) is 35.5 Å². The quantitative estimate of drug-likeness (QED) is 0.145. The number of aliphatic hydroxyl groups is 1. The molecule has 5 fully saturated rings. The minimum Gasteiger partial charge on any atom is -0.852 e. The molecule has 9 heteroatoms. The summed E-state index contributed by atoms with van der Waals surface area (Å²) in [6.07, 6.45) is 27.6. The predicted octanol–water partition coefficient (Wildman–Crippen LogP) is 9.92. The van der Waals surface area contributed by atoms with Gasteiger partial charge >= 0.3 is 51.4 Å². The maximum atomic E-state index is 10.9. The molecule has 6 aliphatic carbocycles. The molecule has 2 saturated heterocycles. The Balaban J connectivity index is 0.000000164. The third-order valence-corrected chi connectivity index (χ3v) is 16.4. The summed E-state index contributed by atoms with van der Waals surface area (Å²) in [5.41, 5.74) is 5.10. The Kier molecular flexibility index (Phi) is 19.2. The molecular weight excluding hydrogens is 867 g/mol. The number of hydroxylamine groups is 4. The van der Waals surface area contributed by atoms with Crippen LogP contribution in [-0.4, -0.2) is 55.7 Å². The van der Waals surface area contributed by atoms with Gasteiger partial charge in [0.2, 0.25) is 0 Å². The van der Waals surface area contributed by atoms with Crippen molar-refractivity contribution in [3.05, 3.63) is 107 Å². The van der Waals surface area contributed by atoms with Crippen molar-refractivity contribution in [2.75, 3.05) is 0 Å². The van der Waals surface area contributed by atoms with Crippen LogP contribution in [-0.2, 0) is 26.9 Å². The molecule has 3 saturated carbocycles. The fourth-order valence-electron chi connectivity index (χ4n) is 12.3. The first-order valence-corrected chi connectivity index (χ1v) is 25.9. The molecule has 2 aliphatic heterocycles. The van der Waals surface area contributed by atoms with E-state index in [4.69, 9.17) is 31.1 Å². The number of hydrogen-bond acceptors (Lipinski definition) is 7. The Labute approximate surface area is 447 Å². The molecule has 11 unspecified atom stereocenters. The predicted molar refractivity (Wildman–Crippen MR) is 264 cm³/mol. The summed E-state index contributed by atoms with van der Waals surface area (Å²) in [5.74, 6) is 4.26. The molecule has 0 aromatic heterocycles. The molecule has 0 radical (unpaired) electrons.